The van der Waals surface area contributed by atoms with Gasteiger partial charge in [0.2, 0.25) is 0 Å². The Balaban J connectivity index is 1.65. The highest BCUT2D eigenvalue weighted by Crippen LogP contribution is 2.45. The minimum atomic E-state index is -0.612. The maximum Gasteiger partial charge on any atom is 0.303 e. The molecule has 0 radical (unpaired) electrons. The topological polar surface area (TPSA) is 40.5 Å². The van der Waals surface area contributed by atoms with E-state index in [0.29, 0.717) is 12.3 Å². The Labute approximate surface area is 90.5 Å². The molecule has 0 spiro atoms. The molecular formula is C12H19NO2. The summed E-state index contributed by atoms with van der Waals surface area (Å²) in [4.78, 5) is 13.4. The van der Waals surface area contributed by atoms with Crippen LogP contribution in [0.15, 0.2) is 0 Å². The molecule has 3 rings (SSSR count). The van der Waals surface area contributed by atoms with Gasteiger partial charge in [-0.2, -0.15) is 0 Å². The zero-order chi connectivity index (χ0) is 10.4. The van der Waals surface area contributed by atoms with Crippen molar-refractivity contribution in [3.63, 3.8) is 0 Å². The number of hydrogen-bond acceptors (Lipinski definition) is 2. The van der Waals surface area contributed by atoms with E-state index in [1.54, 1.807) is 0 Å². The standard InChI is InChI=1S/C12H19NO2/c14-12(15)7-8-5-10-3-4-11(6-8)13(10)9-1-2-9/h8-11H,1-7H2,(H,14,15). The van der Waals surface area contributed by atoms with Gasteiger partial charge in [0.25, 0.3) is 0 Å². The number of nitrogens with zero attached hydrogens (tertiary/aromatic N) is 1. The van der Waals surface area contributed by atoms with Crippen LogP contribution in [-0.4, -0.2) is 34.1 Å². The molecular weight excluding hydrogens is 190 g/mol. The molecule has 3 aliphatic rings. The molecule has 3 fully saturated rings. The lowest BCUT2D eigenvalue weighted by Crippen LogP contribution is -2.44. The van der Waals surface area contributed by atoms with E-state index < -0.39 is 5.97 Å². The van der Waals surface area contributed by atoms with Gasteiger partial charge < -0.3 is 5.11 Å². The van der Waals surface area contributed by atoms with E-state index in [2.05, 4.69) is 4.90 Å². The van der Waals surface area contributed by atoms with Crippen molar-refractivity contribution in [3.05, 3.63) is 0 Å². The van der Waals surface area contributed by atoms with E-state index in [1.807, 2.05) is 0 Å². The van der Waals surface area contributed by atoms with Crippen molar-refractivity contribution in [2.75, 3.05) is 0 Å². The minimum absolute atomic E-state index is 0.394. The lowest BCUT2D eigenvalue weighted by Gasteiger charge is -2.38. The first-order chi connectivity index (χ1) is 7.24. The lowest BCUT2D eigenvalue weighted by molar-refractivity contribution is -0.138. The Hall–Kier alpha value is -0.570. The highest BCUT2D eigenvalue weighted by atomic mass is 16.4. The Bertz CT molecular complexity index is 261. The molecule has 1 aliphatic carbocycles. The van der Waals surface area contributed by atoms with Crippen LogP contribution in [0.1, 0.15) is 44.9 Å². The molecule has 15 heavy (non-hydrogen) atoms. The van der Waals surface area contributed by atoms with Crippen LogP contribution in [0.3, 0.4) is 0 Å². The molecule has 2 heterocycles. The van der Waals surface area contributed by atoms with Gasteiger partial charge in [-0.05, 0) is 44.4 Å². The number of rotatable bonds is 3. The van der Waals surface area contributed by atoms with Gasteiger partial charge in [-0.3, -0.25) is 9.69 Å². The number of hydrogen-bond donors (Lipinski definition) is 1. The fourth-order valence-electron chi connectivity index (χ4n) is 3.71. The molecule has 0 amide bonds. The van der Waals surface area contributed by atoms with Gasteiger partial charge >= 0.3 is 5.97 Å². The summed E-state index contributed by atoms with van der Waals surface area (Å²) in [6.07, 6.45) is 8.08. The number of carboxylic acid groups (broad SMARTS) is 1. The molecule has 2 atom stereocenters. The number of carbonyl (C=O) groups is 1. The molecule has 0 aromatic carbocycles. The second-order valence-electron chi connectivity index (χ2n) is 5.50. The van der Waals surface area contributed by atoms with Crippen LogP contribution in [0.2, 0.25) is 0 Å². The quantitative estimate of drug-likeness (QED) is 0.771. The SMILES string of the molecule is O=C(O)CC1CC2CCC(C1)N2C1CC1. The predicted octanol–water partition coefficient (Wildman–Crippen LogP) is 1.87. The van der Waals surface area contributed by atoms with E-state index in [4.69, 9.17) is 5.11 Å². The van der Waals surface area contributed by atoms with Crippen LogP contribution < -0.4 is 0 Å². The smallest absolute Gasteiger partial charge is 0.303 e. The van der Waals surface area contributed by atoms with Crippen molar-refractivity contribution in [3.8, 4) is 0 Å². The first kappa shape index (κ1) is 9.64. The molecule has 2 saturated heterocycles. The summed E-state index contributed by atoms with van der Waals surface area (Å²) in [6, 6.07) is 2.31. The monoisotopic (exact) mass is 209 g/mol. The van der Waals surface area contributed by atoms with Crippen LogP contribution in [0.25, 0.3) is 0 Å². The first-order valence-corrected chi connectivity index (χ1v) is 6.23. The Morgan fingerprint density at radius 3 is 2.07 bits per heavy atom. The molecule has 2 unspecified atom stereocenters. The molecule has 1 saturated carbocycles. The summed E-state index contributed by atoms with van der Waals surface area (Å²) < 4.78 is 0. The lowest BCUT2D eigenvalue weighted by atomic mass is 9.88. The fraction of sp³-hybridized carbons (Fsp3) is 0.917. The summed E-state index contributed by atoms with van der Waals surface area (Å²) in [6.45, 7) is 0. The van der Waals surface area contributed by atoms with Crippen molar-refractivity contribution >= 4 is 5.97 Å². The van der Waals surface area contributed by atoms with Crippen LogP contribution in [0, 0.1) is 5.92 Å². The molecule has 0 aromatic rings. The van der Waals surface area contributed by atoms with Crippen LogP contribution >= 0.6 is 0 Å². The average Bonchev–Trinajstić information content (AvgIpc) is 2.94. The molecule has 2 aliphatic heterocycles. The zero-order valence-corrected chi connectivity index (χ0v) is 9.06. The second kappa shape index (κ2) is 3.48. The highest BCUT2D eigenvalue weighted by Gasteiger charge is 2.46. The highest BCUT2D eigenvalue weighted by molar-refractivity contribution is 5.67. The number of fused-ring (bicyclic) bond motifs is 2. The van der Waals surface area contributed by atoms with Gasteiger partial charge in [-0.25, -0.2) is 0 Å². The third kappa shape index (κ3) is 1.78. The van der Waals surface area contributed by atoms with Crippen molar-refractivity contribution in [1.82, 2.24) is 4.90 Å². The summed E-state index contributed by atoms with van der Waals surface area (Å²) >= 11 is 0. The summed E-state index contributed by atoms with van der Waals surface area (Å²) in [5.41, 5.74) is 0. The molecule has 84 valence electrons. The summed E-state index contributed by atoms with van der Waals surface area (Å²) in [7, 11) is 0. The average molecular weight is 209 g/mol. The van der Waals surface area contributed by atoms with Gasteiger partial charge in [0.1, 0.15) is 0 Å². The van der Waals surface area contributed by atoms with Gasteiger partial charge in [0.05, 0.1) is 0 Å². The van der Waals surface area contributed by atoms with Crippen molar-refractivity contribution in [1.29, 1.82) is 0 Å². The Kier molecular flexibility index (Phi) is 2.23. The fourth-order valence-corrected chi connectivity index (χ4v) is 3.71. The van der Waals surface area contributed by atoms with E-state index in [0.717, 1.165) is 31.0 Å². The van der Waals surface area contributed by atoms with E-state index >= 15 is 0 Å². The molecule has 2 bridgehead atoms. The minimum Gasteiger partial charge on any atom is -0.481 e. The zero-order valence-electron chi connectivity index (χ0n) is 9.06. The van der Waals surface area contributed by atoms with Gasteiger partial charge in [0, 0.05) is 24.5 Å². The third-order valence-corrected chi connectivity index (χ3v) is 4.32. The van der Waals surface area contributed by atoms with Gasteiger partial charge in [0.15, 0.2) is 0 Å². The van der Waals surface area contributed by atoms with Crippen LogP contribution in [0.4, 0.5) is 0 Å². The number of carboxylic acids is 1. The largest absolute Gasteiger partial charge is 0.481 e. The van der Waals surface area contributed by atoms with Gasteiger partial charge in [-0.1, -0.05) is 0 Å². The predicted molar refractivity (Wildman–Crippen MR) is 56.6 cm³/mol. The van der Waals surface area contributed by atoms with E-state index in [1.165, 1.54) is 25.7 Å². The normalized spacial score (nSPS) is 40.7. The first-order valence-electron chi connectivity index (χ1n) is 6.23. The Morgan fingerprint density at radius 1 is 1.07 bits per heavy atom. The molecule has 3 heteroatoms. The third-order valence-electron chi connectivity index (χ3n) is 4.32. The van der Waals surface area contributed by atoms with Gasteiger partial charge in [-0.15, -0.1) is 0 Å². The summed E-state index contributed by atoms with van der Waals surface area (Å²) in [5.74, 6) is -0.158. The van der Waals surface area contributed by atoms with E-state index in [-0.39, 0.29) is 0 Å². The molecule has 3 nitrogen and oxygen atoms in total. The maximum atomic E-state index is 10.7. The van der Waals surface area contributed by atoms with Crippen LogP contribution in [0.5, 0.6) is 0 Å². The van der Waals surface area contributed by atoms with Crippen molar-refractivity contribution in [2.24, 2.45) is 5.92 Å². The molecule has 0 aromatic heterocycles. The van der Waals surface area contributed by atoms with Crippen molar-refractivity contribution < 1.29 is 9.90 Å². The second-order valence-corrected chi connectivity index (χ2v) is 5.50. The van der Waals surface area contributed by atoms with E-state index in [9.17, 15) is 4.79 Å². The maximum absolute atomic E-state index is 10.7. The summed E-state index contributed by atoms with van der Waals surface area (Å²) in [5, 5.41) is 8.83. The molecule has 1 N–H and O–H groups in total. The number of aliphatic carboxylic acids is 1. The van der Waals surface area contributed by atoms with Crippen LogP contribution in [-0.2, 0) is 4.79 Å². The Morgan fingerprint density at radius 2 is 1.60 bits per heavy atom. The van der Waals surface area contributed by atoms with Crippen molar-refractivity contribution in [2.45, 2.75) is 63.1 Å². The number of piperidine rings is 1.